The first-order chi connectivity index (χ1) is 16.6. The molecule has 0 radical (unpaired) electrons. The van der Waals surface area contributed by atoms with Gasteiger partial charge in [0, 0.05) is 7.05 Å². The zero-order valence-electron chi connectivity index (χ0n) is 21.1. The average Bonchev–Trinajstić information content (AvgIpc) is 2.78. The molecule has 13 heteroatoms. The summed E-state index contributed by atoms with van der Waals surface area (Å²) in [6.07, 6.45) is 1.20. The topological polar surface area (TPSA) is 187 Å². The van der Waals surface area contributed by atoms with Crippen LogP contribution in [0.2, 0.25) is 0 Å². The van der Waals surface area contributed by atoms with E-state index in [-0.39, 0.29) is 28.1 Å². The monoisotopic (exact) mass is 523 g/mol. The summed E-state index contributed by atoms with van der Waals surface area (Å²) in [5, 5.41) is 15.0. The number of carboxylic acid groups (broad SMARTS) is 1. The van der Waals surface area contributed by atoms with Crippen LogP contribution in [0.25, 0.3) is 10.9 Å². The number of carbonyl (C=O) groups is 3. The number of aromatic nitrogens is 2. The maximum absolute atomic E-state index is 13.3. The Morgan fingerprint density at radius 2 is 1.78 bits per heavy atom. The standard InChI is InChI=1S/C23H33N5O7S/c1-12(2)9-15(20(30)27-18(21(31)24-6)23(3,4)5)17(22(32)33)28-36(34,35)13-7-8-16-14(10-13)19(29)26-11-25-16/h7-8,10-12,15,17-18,28H,9H2,1-6H3,(H,24,31)(H,27,30)(H,32,33)(H,25,26,29)/t15-,17+,18-/m1/s1. The maximum Gasteiger partial charge on any atom is 0.322 e. The van der Waals surface area contributed by atoms with E-state index in [0.717, 1.165) is 6.07 Å². The van der Waals surface area contributed by atoms with E-state index in [9.17, 15) is 32.7 Å². The molecule has 0 aliphatic carbocycles. The highest BCUT2D eigenvalue weighted by molar-refractivity contribution is 7.89. The van der Waals surface area contributed by atoms with Crippen LogP contribution < -0.4 is 20.9 Å². The zero-order chi connectivity index (χ0) is 27.4. The minimum atomic E-state index is -4.48. The number of likely N-dealkylation sites (N-methyl/N-ethyl adjacent to an activating group) is 1. The van der Waals surface area contributed by atoms with E-state index >= 15 is 0 Å². The Hall–Kier alpha value is -3.32. The van der Waals surface area contributed by atoms with Gasteiger partial charge < -0.3 is 20.7 Å². The normalized spacial score (nSPS) is 14.8. The Kier molecular flexibility index (Phi) is 8.97. The van der Waals surface area contributed by atoms with Crippen LogP contribution in [0.15, 0.2) is 34.2 Å². The number of nitrogens with one attached hydrogen (secondary N) is 4. The fraction of sp³-hybridized carbons (Fsp3) is 0.522. The van der Waals surface area contributed by atoms with Gasteiger partial charge in [0.25, 0.3) is 5.56 Å². The smallest absolute Gasteiger partial charge is 0.322 e. The number of aliphatic carboxylic acids is 1. The number of sulfonamides is 1. The molecule has 1 aromatic carbocycles. The number of carboxylic acids is 1. The van der Waals surface area contributed by atoms with Crippen LogP contribution in [-0.4, -0.2) is 60.4 Å². The summed E-state index contributed by atoms with van der Waals surface area (Å²) in [4.78, 5) is 56.0. The van der Waals surface area contributed by atoms with E-state index in [0.29, 0.717) is 0 Å². The van der Waals surface area contributed by atoms with Gasteiger partial charge in [0.05, 0.1) is 28.0 Å². The number of aromatic amines is 1. The molecule has 0 saturated heterocycles. The van der Waals surface area contributed by atoms with E-state index in [2.05, 4.69) is 25.3 Å². The molecule has 12 nitrogen and oxygen atoms in total. The lowest BCUT2D eigenvalue weighted by atomic mass is 9.84. The van der Waals surface area contributed by atoms with Crippen molar-refractivity contribution >= 4 is 38.7 Å². The average molecular weight is 524 g/mol. The summed E-state index contributed by atoms with van der Waals surface area (Å²) in [6, 6.07) is 0.765. The van der Waals surface area contributed by atoms with Crippen LogP contribution in [0, 0.1) is 17.3 Å². The minimum Gasteiger partial charge on any atom is -0.480 e. The Bertz CT molecular complexity index is 1300. The van der Waals surface area contributed by atoms with E-state index in [1.807, 2.05) is 0 Å². The summed E-state index contributed by atoms with van der Waals surface area (Å²) < 4.78 is 28.4. The van der Waals surface area contributed by atoms with E-state index in [1.165, 1.54) is 25.5 Å². The molecule has 0 spiro atoms. The SMILES string of the molecule is CNC(=O)[C@@H](NC(=O)[C@H](CC(C)C)[C@H](NS(=O)(=O)c1ccc2nc[nH]c(=O)c2c1)C(=O)O)C(C)(C)C. The van der Waals surface area contributed by atoms with Gasteiger partial charge in [-0.1, -0.05) is 34.6 Å². The molecule has 0 aliphatic heterocycles. The first-order valence-corrected chi connectivity index (χ1v) is 12.8. The highest BCUT2D eigenvalue weighted by atomic mass is 32.2. The molecule has 0 fully saturated rings. The van der Waals surface area contributed by atoms with Crippen LogP contribution >= 0.6 is 0 Å². The third-order valence-electron chi connectivity index (χ3n) is 5.60. The van der Waals surface area contributed by atoms with E-state index in [4.69, 9.17) is 0 Å². The molecular weight excluding hydrogens is 490 g/mol. The predicted octanol–water partition coefficient (Wildman–Crippen LogP) is 0.594. The number of rotatable bonds is 10. The third kappa shape index (κ3) is 6.88. The lowest BCUT2D eigenvalue weighted by Crippen LogP contribution is -2.58. The number of amides is 2. The van der Waals surface area contributed by atoms with Gasteiger partial charge in [0.1, 0.15) is 12.1 Å². The highest BCUT2D eigenvalue weighted by Crippen LogP contribution is 2.24. The van der Waals surface area contributed by atoms with Crippen molar-refractivity contribution in [3.63, 3.8) is 0 Å². The maximum atomic E-state index is 13.3. The van der Waals surface area contributed by atoms with Gasteiger partial charge in [0.15, 0.2) is 0 Å². The van der Waals surface area contributed by atoms with Gasteiger partial charge in [-0.2, -0.15) is 4.72 Å². The summed E-state index contributed by atoms with van der Waals surface area (Å²) in [5.41, 5.74) is -1.01. The molecule has 5 N–H and O–H groups in total. The van der Waals surface area contributed by atoms with Gasteiger partial charge in [-0.05, 0) is 36.0 Å². The molecule has 3 atom stereocenters. The molecule has 1 heterocycles. The van der Waals surface area contributed by atoms with Gasteiger partial charge in [0.2, 0.25) is 21.8 Å². The molecule has 0 aliphatic rings. The lowest BCUT2D eigenvalue weighted by molar-refractivity contribution is -0.144. The molecule has 2 rings (SSSR count). The summed E-state index contributed by atoms with van der Waals surface area (Å²) in [7, 11) is -3.06. The van der Waals surface area contributed by atoms with Gasteiger partial charge in [-0.3, -0.25) is 19.2 Å². The van der Waals surface area contributed by atoms with Crippen molar-refractivity contribution in [3.8, 4) is 0 Å². The molecule has 0 unspecified atom stereocenters. The first-order valence-electron chi connectivity index (χ1n) is 11.3. The first kappa shape index (κ1) is 28.9. The molecule has 2 aromatic rings. The summed E-state index contributed by atoms with van der Waals surface area (Å²) in [5.74, 6) is -4.32. The van der Waals surface area contributed by atoms with Crippen molar-refractivity contribution < 1.29 is 27.9 Å². The second kappa shape index (κ2) is 11.2. The quantitative estimate of drug-likeness (QED) is 0.299. The predicted molar refractivity (Wildman–Crippen MR) is 133 cm³/mol. The Morgan fingerprint density at radius 1 is 1.14 bits per heavy atom. The minimum absolute atomic E-state index is 0.00215. The molecule has 1 aromatic heterocycles. The van der Waals surface area contributed by atoms with Crippen molar-refractivity contribution in [3.05, 3.63) is 34.9 Å². The van der Waals surface area contributed by atoms with Crippen molar-refractivity contribution in [1.82, 2.24) is 25.3 Å². The number of fused-ring (bicyclic) bond motifs is 1. The third-order valence-corrected chi connectivity index (χ3v) is 7.03. The van der Waals surface area contributed by atoms with Gasteiger partial charge in [-0.25, -0.2) is 13.4 Å². The van der Waals surface area contributed by atoms with Gasteiger partial charge in [-0.15, -0.1) is 0 Å². The highest BCUT2D eigenvalue weighted by Gasteiger charge is 2.40. The van der Waals surface area contributed by atoms with Crippen LogP contribution in [0.4, 0.5) is 0 Å². The number of benzene rings is 1. The second-order valence-electron chi connectivity index (χ2n) is 10.0. The molecule has 198 valence electrons. The fourth-order valence-corrected chi connectivity index (χ4v) is 4.98. The Labute approximate surface area is 209 Å². The number of hydrogen-bond donors (Lipinski definition) is 5. The van der Waals surface area contributed by atoms with E-state index in [1.54, 1.807) is 34.6 Å². The number of H-pyrrole nitrogens is 1. The molecule has 36 heavy (non-hydrogen) atoms. The van der Waals surface area contributed by atoms with Gasteiger partial charge >= 0.3 is 5.97 Å². The summed E-state index contributed by atoms with van der Waals surface area (Å²) in [6.45, 7) is 8.72. The number of nitrogens with zero attached hydrogens (tertiary/aromatic N) is 1. The van der Waals surface area contributed by atoms with Crippen molar-refractivity contribution in [2.45, 2.75) is 58.0 Å². The Morgan fingerprint density at radius 3 is 2.31 bits per heavy atom. The molecule has 2 amide bonds. The van der Waals surface area contributed by atoms with Crippen molar-refractivity contribution in [1.29, 1.82) is 0 Å². The molecule has 0 saturated carbocycles. The largest absolute Gasteiger partial charge is 0.480 e. The zero-order valence-corrected chi connectivity index (χ0v) is 21.9. The van der Waals surface area contributed by atoms with E-state index < -0.39 is 56.8 Å². The van der Waals surface area contributed by atoms with Crippen molar-refractivity contribution in [2.24, 2.45) is 17.3 Å². The fourth-order valence-electron chi connectivity index (χ4n) is 3.73. The molecular formula is C23H33N5O7S. The van der Waals surface area contributed by atoms with Crippen LogP contribution in [0.1, 0.15) is 41.0 Å². The van der Waals surface area contributed by atoms with Crippen molar-refractivity contribution in [2.75, 3.05) is 7.05 Å². The Balaban J connectivity index is 2.47. The number of carbonyl (C=O) groups excluding carboxylic acids is 2. The van der Waals surface area contributed by atoms with Crippen LogP contribution in [-0.2, 0) is 24.4 Å². The lowest BCUT2D eigenvalue weighted by Gasteiger charge is -2.33. The second-order valence-corrected chi connectivity index (χ2v) is 11.7. The number of hydrogen-bond acceptors (Lipinski definition) is 7. The van der Waals surface area contributed by atoms with Crippen LogP contribution in [0.3, 0.4) is 0 Å². The summed E-state index contributed by atoms with van der Waals surface area (Å²) >= 11 is 0. The van der Waals surface area contributed by atoms with Crippen LogP contribution in [0.5, 0.6) is 0 Å². The molecule has 0 bridgehead atoms.